The Morgan fingerprint density at radius 2 is 2.00 bits per heavy atom. The van der Waals surface area contributed by atoms with Crippen LogP contribution in [0.1, 0.15) is 19.3 Å². The normalized spacial score (nSPS) is 29.9. The van der Waals surface area contributed by atoms with E-state index in [0.717, 1.165) is 12.8 Å². The van der Waals surface area contributed by atoms with Crippen LogP contribution < -0.4 is 11.1 Å². The highest BCUT2D eigenvalue weighted by Gasteiger charge is 2.43. The van der Waals surface area contributed by atoms with Gasteiger partial charge >= 0.3 is 12.0 Å². The lowest BCUT2D eigenvalue weighted by atomic mass is 10.00. The molecule has 1 saturated heterocycles. The molecule has 3 amide bonds. The summed E-state index contributed by atoms with van der Waals surface area (Å²) in [5, 5.41) is 21.0. The van der Waals surface area contributed by atoms with Crippen molar-refractivity contribution in [2.45, 2.75) is 31.4 Å². The molecule has 0 bridgehead atoms. The minimum atomic E-state index is -1.31. The predicted octanol–water partition coefficient (Wildman–Crippen LogP) is -1.27. The van der Waals surface area contributed by atoms with Gasteiger partial charge in [0.1, 0.15) is 6.04 Å². The molecule has 8 heteroatoms. The molecule has 0 aromatic heterocycles. The summed E-state index contributed by atoms with van der Waals surface area (Å²) in [7, 11) is 0. The third-order valence-corrected chi connectivity index (χ3v) is 4.11. The molecule has 8 nitrogen and oxygen atoms in total. The highest BCUT2D eigenvalue weighted by Crippen LogP contribution is 2.37. The summed E-state index contributed by atoms with van der Waals surface area (Å²) in [4.78, 5) is 35.2. The smallest absolute Gasteiger partial charge is 0.326 e. The Hall–Kier alpha value is -1.83. The molecule has 2 fully saturated rings. The van der Waals surface area contributed by atoms with Gasteiger partial charge in [-0.05, 0) is 18.8 Å². The summed E-state index contributed by atoms with van der Waals surface area (Å²) in [5.74, 6) is -1.74. The largest absolute Gasteiger partial charge is 0.480 e. The van der Waals surface area contributed by atoms with Gasteiger partial charge in [0.05, 0.1) is 12.5 Å². The molecule has 5 N–H and O–H groups in total. The summed E-state index contributed by atoms with van der Waals surface area (Å²) >= 11 is 0. The first-order valence-electron chi connectivity index (χ1n) is 6.63. The minimum Gasteiger partial charge on any atom is -0.480 e. The molecule has 20 heavy (non-hydrogen) atoms. The molecular formula is C12H19N3O5. The van der Waals surface area contributed by atoms with Crippen LogP contribution in [0.15, 0.2) is 0 Å². The van der Waals surface area contributed by atoms with E-state index in [9.17, 15) is 19.5 Å². The van der Waals surface area contributed by atoms with Crippen LogP contribution in [0.4, 0.5) is 4.79 Å². The van der Waals surface area contributed by atoms with Crippen LogP contribution in [0.2, 0.25) is 0 Å². The van der Waals surface area contributed by atoms with E-state index >= 15 is 0 Å². The Labute approximate surface area is 115 Å². The zero-order valence-corrected chi connectivity index (χ0v) is 11.0. The number of nitrogens with one attached hydrogen (secondary N) is 1. The first kappa shape index (κ1) is 14.6. The molecule has 2 rings (SSSR count). The average Bonchev–Trinajstić information content (AvgIpc) is 2.90. The van der Waals surface area contributed by atoms with Crippen molar-refractivity contribution in [3.63, 3.8) is 0 Å². The lowest BCUT2D eigenvalue weighted by Gasteiger charge is -2.21. The van der Waals surface area contributed by atoms with E-state index < -0.39 is 36.5 Å². The van der Waals surface area contributed by atoms with Crippen molar-refractivity contribution in [3.8, 4) is 0 Å². The number of aliphatic hydroxyl groups excluding tert-OH is 1. The number of carboxylic acid groups (broad SMARTS) is 1. The second-order valence-corrected chi connectivity index (χ2v) is 5.48. The third-order valence-electron chi connectivity index (χ3n) is 4.11. The lowest BCUT2D eigenvalue weighted by molar-refractivity contribution is -0.140. The zero-order valence-electron chi connectivity index (χ0n) is 11.0. The van der Waals surface area contributed by atoms with Crippen LogP contribution in [0.25, 0.3) is 0 Å². The Bertz CT molecular complexity index is 427. The van der Waals surface area contributed by atoms with Crippen molar-refractivity contribution in [2.24, 2.45) is 17.6 Å². The van der Waals surface area contributed by atoms with Crippen molar-refractivity contribution in [1.82, 2.24) is 10.2 Å². The number of urea groups is 1. The number of nitrogens with zero attached hydrogens (tertiary/aromatic N) is 1. The van der Waals surface area contributed by atoms with Gasteiger partial charge in [0.15, 0.2) is 0 Å². The topological polar surface area (TPSA) is 133 Å². The fourth-order valence-corrected chi connectivity index (χ4v) is 3.04. The highest BCUT2D eigenvalue weighted by molar-refractivity contribution is 5.87. The molecule has 1 heterocycles. The van der Waals surface area contributed by atoms with Gasteiger partial charge in [0.2, 0.25) is 5.91 Å². The molecule has 1 saturated carbocycles. The van der Waals surface area contributed by atoms with E-state index in [0.29, 0.717) is 13.1 Å². The van der Waals surface area contributed by atoms with Crippen LogP contribution in [0, 0.1) is 11.8 Å². The van der Waals surface area contributed by atoms with E-state index in [-0.39, 0.29) is 11.8 Å². The number of carbonyl (C=O) groups is 3. The van der Waals surface area contributed by atoms with Gasteiger partial charge in [-0.3, -0.25) is 4.79 Å². The fourth-order valence-electron chi connectivity index (χ4n) is 3.04. The van der Waals surface area contributed by atoms with E-state index in [1.165, 1.54) is 4.90 Å². The first-order chi connectivity index (χ1) is 9.38. The van der Waals surface area contributed by atoms with Gasteiger partial charge in [-0.2, -0.15) is 0 Å². The highest BCUT2D eigenvalue weighted by atomic mass is 16.4. The van der Waals surface area contributed by atoms with Crippen LogP contribution in [0.3, 0.4) is 0 Å². The van der Waals surface area contributed by atoms with E-state index in [4.69, 9.17) is 10.8 Å². The number of hydrogen-bond donors (Lipinski definition) is 4. The van der Waals surface area contributed by atoms with Crippen molar-refractivity contribution in [1.29, 1.82) is 0 Å². The quantitative estimate of drug-likeness (QED) is 0.511. The fraction of sp³-hybridized carbons (Fsp3) is 0.750. The Kier molecular flexibility index (Phi) is 4.12. The van der Waals surface area contributed by atoms with Crippen molar-refractivity contribution < 1.29 is 24.6 Å². The van der Waals surface area contributed by atoms with Gasteiger partial charge in [0.25, 0.3) is 0 Å². The van der Waals surface area contributed by atoms with E-state index in [1.54, 1.807) is 0 Å². The first-order valence-corrected chi connectivity index (χ1v) is 6.63. The SMILES string of the molecule is NC(=O)C[C@H](NC(=O)N1CC2CCC(O)C2C1)C(=O)O. The second-order valence-electron chi connectivity index (χ2n) is 5.48. The van der Waals surface area contributed by atoms with Crippen molar-refractivity contribution in [2.75, 3.05) is 13.1 Å². The molecule has 1 aliphatic heterocycles. The average molecular weight is 285 g/mol. The van der Waals surface area contributed by atoms with Gasteiger partial charge in [-0.25, -0.2) is 9.59 Å². The summed E-state index contributed by atoms with van der Waals surface area (Å²) in [6.07, 6.45) is 0.798. The molecule has 2 aliphatic rings. The molecule has 3 unspecified atom stereocenters. The number of rotatable bonds is 4. The van der Waals surface area contributed by atoms with Gasteiger partial charge in [0, 0.05) is 19.0 Å². The van der Waals surface area contributed by atoms with Gasteiger partial charge in [-0.15, -0.1) is 0 Å². The monoisotopic (exact) mass is 285 g/mol. The maximum atomic E-state index is 12.0. The Balaban J connectivity index is 1.91. The van der Waals surface area contributed by atoms with Crippen LogP contribution in [-0.4, -0.2) is 58.3 Å². The Morgan fingerprint density at radius 1 is 1.30 bits per heavy atom. The number of fused-ring (bicyclic) bond motifs is 1. The number of hydrogen-bond acceptors (Lipinski definition) is 4. The molecule has 1 aliphatic carbocycles. The van der Waals surface area contributed by atoms with E-state index in [1.807, 2.05) is 0 Å². The second kappa shape index (κ2) is 5.66. The lowest BCUT2D eigenvalue weighted by Crippen LogP contribution is -2.49. The maximum Gasteiger partial charge on any atom is 0.326 e. The maximum absolute atomic E-state index is 12.0. The van der Waals surface area contributed by atoms with Crippen LogP contribution in [-0.2, 0) is 9.59 Å². The molecule has 4 atom stereocenters. The van der Waals surface area contributed by atoms with Gasteiger partial charge < -0.3 is 26.2 Å². The van der Waals surface area contributed by atoms with Crippen molar-refractivity contribution in [3.05, 3.63) is 0 Å². The minimum absolute atomic E-state index is 0.0696. The standard InChI is InChI=1S/C12H19N3O5/c13-10(17)3-8(11(18)19)14-12(20)15-4-6-1-2-9(16)7(6)5-15/h6-9,16H,1-5H2,(H2,13,17)(H,14,20)(H,18,19)/t6?,7?,8-,9?/m0/s1. The molecular weight excluding hydrogens is 266 g/mol. The third kappa shape index (κ3) is 3.01. The van der Waals surface area contributed by atoms with Crippen LogP contribution >= 0.6 is 0 Å². The zero-order chi connectivity index (χ0) is 14.9. The number of amides is 3. The summed E-state index contributed by atoms with van der Waals surface area (Å²) in [6, 6.07) is -1.84. The molecule has 0 radical (unpaired) electrons. The number of aliphatic carboxylic acids is 1. The summed E-state index contributed by atoms with van der Waals surface area (Å²) < 4.78 is 0. The summed E-state index contributed by atoms with van der Waals surface area (Å²) in [5.41, 5.74) is 4.95. The molecule has 0 spiro atoms. The molecule has 112 valence electrons. The number of likely N-dealkylation sites (tertiary alicyclic amines) is 1. The number of nitrogens with two attached hydrogens (primary N) is 1. The van der Waals surface area contributed by atoms with E-state index in [2.05, 4.69) is 5.32 Å². The predicted molar refractivity (Wildman–Crippen MR) is 67.6 cm³/mol. The summed E-state index contributed by atoms with van der Waals surface area (Å²) in [6.45, 7) is 0.928. The number of carbonyl (C=O) groups excluding carboxylic acids is 2. The molecule has 0 aromatic carbocycles. The molecule has 0 aromatic rings. The number of carboxylic acids is 1. The van der Waals surface area contributed by atoms with Gasteiger partial charge in [-0.1, -0.05) is 0 Å². The van der Waals surface area contributed by atoms with Crippen molar-refractivity contribution >= 4 is 17.9 Å². The Morgan fingerprint density at radius 3 is 2.55 bits per heavy atom. The number of primary amides is 1. The number of aliphatic hydroxyl groups is 1. The van der Waals surface area contributed by atoms with Crippen LogP contribution in [0.5, 0.6) is 0 Å².